The SMILES string of the molecule is COCCN(Cc1cccs1)C(=O)COc1ccc2c(c1)CC(=O)NCC2. The number of carbonyl (C=O) groups is 2. The number of amides is 2. The van der Waals surface area contributed by atoms with E-state index in [0.717, 1.165) is 22.4 Å². The van der Waals surface area contributed by atoms with Crippen molar-refractivity contribution in [3.05, 3.63) is 51.7 Å². The molecule has 0 bridgehead atoms. The van der Waals surface area contributed by atoms with E-state index in [1.807, 2.05) is 35.7 Å². The van der Waals surface area contributed by atoms with Crippen LogP contribution >= 0.6 is 11.3 Å². The Bertz CT molecular complexity index is 776. The predicted octanol–water partition coefficient (Wildman–Crippen LogP) is 2.02. The molecule has 144 valence electrons. The Balaban J connectivity index is 1.61. The molecule has 7 heteroatoms. The Labute approximate surface area is 163 Å². The first-order valence-corrected chi connectivity index (χ1v) is 9.84. The summed E-state index contributed by atoms with van der Waals surface area (Å²) < 4.78 is 10.8. The zero-order chi connectivity index (χ0) is 19.1. The van der Waals surface area contributed by atoms with Gasteiger partial charge in [0.15, 0.2) is 6.61 Å². The van der Waals surface area contributed by atoms with E-state index in [4.69, 9.17) is 9.47 Å². The van der Waals surface area contributed by atoms with Crippen molar-refractivity contribution in [3.63, 3.8) is 0 Å². The van der Waals surface area contributed by atoms with Crippen LogP contribution in [0, 0.1) is 0 Å². The number of nitrogens with one attached hydrogen (secondary N) is 1. The van der Waals surface area contributed by atoms with Crippen LogP contribution in [-0.2, 0) is 33.7 Å². The van der Waals surface area contributed by atoms with Crippen LogP contribution in [0.3, 0.4) is 0 Å². The molecule has 2 heterocycles. The molecule has 0 unspecified atom stereocenters. The second-order valence-electron chi connectivity index (χ2n) is 6.38. The lowest BCUT2D eigenvalue weighted by atomic mass is 10.0. The molecule has 1 N–H and O–H groups in total. The molecule has 0 radical (unpaired) electrons. The lowest BCUT2D eigenvalue weighted by Crippen LogP contribution is -2.36. The first-order valence-electron chi connectivity index (χ1n) is 8.96. The summed E-state index contributed by atoms with van der Waals surface area (Å²) in [5.74, 6) is 0.538. The lowest BCUT2D eigenvalue weighted by Gasteiger charge is -2.22. The maximum absolute atomic E-state index is 12.6. The number of methoxy groups -OCH3 is 1. The van der Waals surface area contributed by atoms with Crippen LogP contribution in [0.15, 0.2) is 35.7 Å². The largest absolute Gasteiger partial charge is 0.484 e. The number of thiophene rings is 1. The first-order chi connectivity index (χ1) is 13.2. The van der Waals surface area contributed by atoms with E-state index >= 15 is 0 Å². The van der Waals surface area contributed by atoms with Gasteiger partial charge in [0.05, 0.1) is 19.6 Å². The van der Waals surface area contributed by atoms with Crippen molar-refractivity contribution in [1.29, 1.82) is 0 Å². The third-order valence-corrected chi connectivity index (χ3v) is 5.31. The van der Waals surface area contributed by atoms with Crippen molar-refractivity contribution in [3.8, 4) is 5.75 Å². The second kappa shape index (κ2) is 9.53. The van der Waals surface area contributed by atoms with Crippen molar-refractivity contribution >= 4 is 23.2 Å². The Kier molecular flexibility index (Phi) is 6.84. The van der Waals surface area contributed by atoms with Gasteiger partial charge in [-0.05, 0) is 41.1 Å². The number of hydrogen-bond donors (Lipinski definition) is 1. The highest BCUT2D eigenvalue weighted by Crippen LogP contribution is 2.21. The highest BCUT2D eigenvalue weighted by molar-refractivity contribution is 7.09. The number of nitrogens with zero attached hydrogens (tertiary/aromatic N) is 1. The van der Waals surface area contributed by atoms with Gasteiger partial charge in [-0.1, -0.05) is 12.1 Å². The molecule has 1 aromatic heterocycles. The summed E-state index contributed by atoms with van der Waals surface area (Å²) in [4.78, 5) is 27.2. The quantitative estimate of drug-likeness (QED) is 0.751. The van der Waals surface area contributed by atoms with Gasteiger partial charge in [-0.15, -0.1) is 11.3 Å². The average molecular weight is 388 g/mol. The fourth-order valence-electron chi connectivity index (χ4n) is 2.99. The number of hydrogen-bond acceptors (Lipinski definition) is 5. The molecular formula is C20H24N2O4S. The van der Waals surface area contributed by atoms with Gasteiger partial charge in [0.1, 0.15) is 5.75 Å². The maximum Gasteiger partial charge on any atom is 0.260 e. The van der Waals surface area contributed by atoms with E-state index in [0.29, 0.717) is 38.4 Å². The molecule has 1 aliphatic rings. The maximum atomic E-state index is 12.6. The van der Waals surface area contributed by atoms with Crippen LogP contribution in [0.5, 0.6) is 5.75 Å². The number of benzene rings is 1. The summed E-state index contributed by atoms with van der Waals surface area (Å²) in [5, 5.41) is 4.86. The smallest absolute Gasteiger partial charge is 0.260 e. The van der Waals surface area contributed by atoms with Crippen LogP contribution in [0.2, 0.25) is 0 Å². The van der Waals surface area contributed by atoms with E-state index in [2.05, 4.69) is 5.32 Å². The summed E-state index contributed by atoms with van der Waals surface area (Å²) >= 11 is 1.62. The fraction of sp³-hybridized carbons (Fsp3) is 0.400. The standard InChI is InChI=1S/C20H24N2O4S/c1-25-9-8-22(13-18-3-2-10-27-18)20(24)14-26-17-5-4-15-6-7-21-19(23)12-16(15)11-17/h2-5,10-11H,6-9,12-14H2,1H3,(H,21,23). The van der Waals surface area contributed by atoms with Gasteiger partial charge in [0, 0.05) is 25.1 Å². The van der Waals surface area contributed by atoms with Gasteiger partial charge < -0.3 is 19.7 Å². The molecule has 0 saturated carbocycles. The summed E-state index contributed by atoms with van der Waals surface area (Å²) in [6, 6.07) is 9.69. The van der Waals surface area contributed by atoms with E-state index in [9.17, 15) is 9.59 Å². The molecule has 0 fully saturated rings. The first kappa shape index (κ1) is 19.4. The van der Waals surface area contributed by atoms with E-state index in [-0.39, 0.29) is 18.4 Å². The van der Waals surface area contributed by atoms with Gasteiger partial charge in [-0.3, -0.25) is 9.59 Å². The minimum absolute atomic E-state index is 0.0173. The van der Waals surface area contributed by atoms with E-state index < -0.39 is 0 Å². The third-order valence-electron chi connectivity index (χ3n) is 4.45. The van der Waals surface area contributed by atoms with Gasteiger partial charge in [-0.25, -0.2) is 0 Å². The van der Waals surface area contributed by atoms with Gasteiger partial charge in [0.25, 0.3) is 5.91 Å². The number of carbonyl (C=O) groups excluding carboxylic acids is 2. The Morgan fingerprint density at radius 1 is 1.30 bits per heavy atom. The molecule has 3 rings (SSSR count). The Morgan fingerprint density at radius 3 is 2.96 bits per heavy atom. The molecule has 0 spiro atoms. The van der Waals surface area contributed by atoms with Crippen LogP contribution in [0.1, 0.15) is 16.0 Å². The average Bonchev–Trinajstić information content (AvgIpc) is 3.10. The molecule has 0 aliphatic carbocycles. The minimum Gasteiger partial charge on any atom is -0.484 e. The van der Waals surface area contributed by atoms with E-state index in [1.54, 1.807) is 23.3 Å². The van der Waals surface area contributed by atoms with Crippen molar-refractivity contribution in [1.82, 2.24) is 10.2 Å². The minimum atomic E-state index is -0.0897. The van der Waals surface area contributed by atoms with E-state index in [1.165, 1.54) is 0 Å². The Morgan fingerprint density at radius 2 is 2.19 bits per heavy atom. The van der Waals surface area contributed by atoms with Crippen LogP contribution in [0.4, 0.5) is 0 Å². The molecule has 0 atom stereocenters. The van der Waals surface area contributed by atoms with Gasteiger partial charge in [-0.2, -0.15) is 0 Å². The van der Waals surface area contributed by atoms with Crippen molar-refractivity contribution in [2.75, 3.05) is 33.4 Å². The summed E-state index contributed by atoms with van der Waals surface area (Å²) in [5.41, 5.74) is 2.11. The van der Waals surface area contributed by atoms with Crippen molar-refractivity contribution < 1.29 is 19.1 Å². The number of fused-ring (bicyclic) bond motifs is 1. The number of ether oxygens (including phenoxy) is 2. The Hall–Kier alpha value is -2.38. The second-order valence-corrected chi connectivity index (χ2v) is 7.42. The van der Waals surface area contributed by atoms with Gasteiger partial charge in [0.2, 0.25) is 5.91 Å². The molecule has 1 aliphatic heterocycles. The normalized spacial score (nSPS) is 13.4. The molecule has 2 amide bonds. The zero-order valence-electron chi connectivity index (χ0n) is 15.4. The summed E-state index contributed by atoms with van der Waals surface area (Å²) in [6.45, 7) is 2.15. The third kappa shape index (κ3) is 5.55. The number of rotatable bonds is 8. The molecule has 0 saturated heterocycles. The van der Waals surface area contributed by atoms with Crippen LogP contribution in [0.25, 0.3) is 0 Å². The van der Waals surface area contributed by atoms with Crippen LogP contribution < -0.4 is 10.1 Å². The van der Waals surface area contributed by atoms with Gasteiger partial charge >= 0.3 is 0 Å². The molecule has 1 aromatic carbocycles. The molecule has 27 heavy (non-hydrogen) atoms. The van der Waals surface area contributed by atoms with Crippen LogP contribution in [-0.4, -0.2) is 50.1 Å². The molecular weight excluding hydrogens is 364 g/mol. The lowest BCUT2D eigenvalue weighted by molar-refractivity contribution is -0.134. The van der Waals surface area contributed by atoms with Crippen molar-refractivity contribution in [2.45, 2.75) is 19.4 Å². The zero-order valence-corrected chi connectivity index (χ0v) is 16.2. The predicted molar refractivity (Wildman–Crippen MR) is 104 cm³/mol. The highest BCUT2D eigenvalue weighted by Gasteiger charge is 2.17. The molecule has 6 nitrogen and oxygen atoms in total. The highest BCUT2D eigenvalue weighted by atomic mass is 32.1. The molecule has 2 aromatic rings. The summed E-state index contributed by atoms with van der Waals surface area (Å²) in [6.07, 6.45) is 1.16. The summed E-state index contributed by atoms with van der Waals surface area (Å²) in [7, 11) is 1.62. The topological polar surface area (TPSA) is 67.9 Å². The van der Waals surface area contributed by atoms with Crippen molar-refractivity contribution in [2.24, 2.45) is 0 Å². The monoisotopic (exact) mass is 388 g/mol. The fourth-order valence-corrected chi connectivity index (χ4v) is 3.71.